The lowest BCUT2D eigenvalue weighted by Crippen LogP contribution is -2.35. The van der Waals surface area contributed by atoms with Gasteiger partial charge in [-0.25, -0.2) is 0 Å². The molecular formula is C11H13BrF3N3O. The fraction of sp³-hybridized carbons (Fsp3) is 0.364. The van der Waals surface area contributed by atoms with Gasteiger partial charge in [0.25, 0.3) is 0 Å². The van der Waals surface area contributed by atoms with E-state index >= 15 is 0 Å². The van der Waals surface area contributed by atoms with Crippen LogP contribution < -0.4 is 10.6 Å². The Kier molecular flexibility index (Phi) is 5.04. The normalized spacial score (nSPS) is 12.6. The molecule has 1 aromatic rings. The third-order valence-corrected chi connectivity index (χ3v) is 2.93. The van der Waals surface area contributed by atoms with Crippen molar-refractivity contribution in [2.24, 2.45) is 10.9 Å². The Morgan fingerprint density at radius 1 is 1.47 bits per heavy atom. The summed E-state index contributed by atoms with van der Waals surface area (Å²) in [5.41, 5.74) is 5.99. The summed E-state index contributed by atoms with van der Waals surface area (Å²) in [6.07, 6.45) is -4.33. The van der Waals surface area contributed by atoms with Crippen molar-refractivity contribution in [3.8, 4) is 0 Å². The van der Waals surface area contributed by atoms with Crippen LogP contribution in [0.15, 0.2) is 27.8 Å². The fourth-order valence-electron chi connectivity index (χ4n) is 1.63. The van der Waals surface area contributed by atoms with Crippen LogP contribution in [0.1, 0.15) is 12.5 Å². The maximum atomic E-state index is 12.5. The highest BCUT2D eigenvalue weighted by Gasteiger charge is 2.31. The van der Waals surface area contributed by atoms with Crippen molar-refractivity contribution in [2.75, 3.05) is 18.0 Å². The Labute approximate surface area is 116 Å². The van der Waals surface area contributed by atoms with Gasteiger partial charge in [0, 0.05) is 22.3 Å². The van der Waals surface area contributed by atoms with Crippen molar-refractivity contribution < 1.29 is 18.4 Å². The Balaban J connectivity index is 3.24. The minimum absolute atomic E-state index is 0.146. The quantitative estimate of drug-likeness (QED) is 0.383. The van der Waals surface area contributed by atoms with Gasteiger partial charge in [0.15, 0.2) is 5.84 Å². The van der Waals surface area contributed by atoms with Gasteiger partial charge in [-0.1, -0.05) is 21.1 Å². The number of hydrogen-bond acceptors (Lipinski definition) is 3. The van der Waals surface area contributed by atoms with Gasteiger partial charge in [-0.15, -0.1) is 0 Å². The molecule has 0 spiro atoms. The molecule has 0 saturated heterocycles. The zero-order valence-electron chi connectivity index (χ0n) is 10.1. The Morgan fingerprint density at radius 3 is 2.58 bits per heavy atom. The van der Waals surface area contributed by atoms with E-state index < -0.39 is 12.7 Å². The van der Waals surface area contributed by atoms with Gasteiger partial charge in [-0.3, -0.25) is 0 Å². The number of alkyl halides is 3. The zero-order valence-corrected chi connectivity index (χ0v) is 11.7. The van der Waals surface area contributed by atoms with E-state index in [1.165, 1.54) is 12.1 Å². The Hall–Kier alpha value is -1.44. The summed E-state index contributed by atoms with van der Waals surface area (Å²) < 4.78 is 38.2. The smallest absolute Gasteiger partial charge is 0.405 e. The van der Waals surface area contributed by atoms with Gasteiger partial charge in [0.1, 0.15) is 6.54 Å². The third-order valence-electron chi connectivity index (χ3n) is 2.43. The number of oxime groups is 1. The summed E-state index contributed by atoms with van der Waals surface area (Å²) in [5, 5.41) is 11.5. The molecule has 4 nitrogen and oxygen atoms in total. The molecule has 0 aliphatic carbocycles. The van der Waals surface area contributed by atoms with Crippen LogP contribution in [0.2, 0.25) is 0 Å². The van der Waals surface area contributed by atoms with E-state index in [4.69, 9.17) is 10.9 Å². The third kappa shape index (κ3) is 4.30. The van der Waals surface area contributed by atoms with E-state index in [1.807, 2.05) is 0 Å². The summed E-state index contributed by atoms with van der Waals surface area (Å²) in [6.45, 7) is 0.646. The molecule has 0 radical (unpaired) electrons. The van der Waals surface area contributed by atoms with Crippen molar-refractivity contribution in [2.45, 2.75) is 13.1 Å². The molecule has 0 aliphatic heterocycles. The van der Waals surface area contributed by atoms with Crippen LogP contribution in [0, 0.1) is 0 Å². The predicted molar refractivity (Wildman–Crippen MR) is 70.6 cm³/mol. The molecule has 0 bridgehead atoms. The molecule has 0 amide bonds. The standard InChI is InChI=1S/C11H13BrF3N3O/c1-2-18(6-11(13,14)15)9-4-3-7(12)5-8(9)10(16)17-19/h3-5,19H,2,6H2,1H3,(H2,16,17). The van der Waals surface area contributed by atoms with E-state index in [9.17, 15) is 13.2 Å². The summed E-state index contributed by atoms with van der Waals surface area (Å²) in [5.74, 6) is -0.239. The van der Waals surface area contributed by atoms with Crippen molar-refractivity contribution in [1.82, 2.24) is 0 Å². The van der Waals surface area contributed by atoms with Crippen LogP contribution in [0.25, 0.3) is 0 Å². The minimum atomic E-state index is -4.33. The van der Waals surface area contributed by atoms with Crippen LogP contribution in [-0.2, 0) is 0 Å². The van der Waals surface area contributed by atoms with Crippen molar-refractivity contribution in [3.05, 3.63) is 28.2 Å². The average Bonchev–Trinajstić information content (AvgIpc) is 2.34. The maximum absolute atomic E-state index is 12.5. The fourth-order valence-corrected chi connectivity index (χ4v) is 1.99. The van der Waals surface area contributed by atoms with Gasteiger partial charge in [-0.2, -0.15) is 13.2 Å². The molecule has 0 heterocycles. The molecule has 19 heavy (non-hydrogen) atoms. The van der Waals surface area contributed by atoms with E-state index in [0.29, 0.717) is 4.47 Å². The average molecular weight is 340 g/mol. The highest BCUT2D eigenvalue weighted by Crippen LogP contribution is 2.27. The van der Waals surface area contributed by atoms with E-state index in [1.54, 1.807) is 13.0 Å². The number of benzene rings is 1. The van der Waals surface area contributed by atoms with Gasteiger partial charge >= 0.3 is 6.18 Å². The molecular weight excluding hydrogens is 327 g/mol. The first-order valence-corrected chi connectivity index (χ1v) is 6.17. The monoisotopic (exact) mass is 339 g/mol. The first-order chi connectivity index (χ1) is 8.78. The number of anilines is 1. The van der Waals surface area contributed by atoms with Crippen LogP contribution >= 0.6 is 15.9 Å². The zero-order chi connectivity index (χ0) is 14.6. The van der Waals surface area contributed by atoms with E-state index in [2.05, 4.69) is 21.1 Å². The molecule has 3 N–H and O–H groups in total. The first kappa shape index (κ1) is 15.6. The predicted octanol–water partition coefficient (Wildman–Crippen LogP) is 2.93. The molecule has 0 aliphatic rings. The number of rotatable bonds is 4. The number of hydrogen-bond donors (Lipinski definition) is 2. The van der Waals surface area contributed by atoms with E-state index in [0.717, 1.165) is 4.90 Å². The van der Waals surface area contributed by atoms with Gasteiger partial charge < -0.3 is 15.8 Å². The van der Waals surface area contributed by atoms with Crippen LogP contribution in [0.3, 0.4) is 0 Å². The first-order valence-electron chi connectivity index (χ1n) is 5.37. The number of halogens is 4. The molecule has 0 unspecified atom stereocenters. The molecule has 0 fully saturated rings. The molecule has 8 heteroatoms. The highest BCUT2D eigenvalue weighted by molar-refractivity contribution is 9.10. The van der Waals surface area contributed by atoms with Gasteiger partial charge in [-0.05, 0) is 25.1 Å². The molecule has 1 rings (SSSR count). The lowest BCUT2D eigenvalue weighted by atomic mass is 10.1. The second kappa shape index (κ2) is 6.14. The molecule has 106 valence electrons. The lowest BCUT2D eigenvalue weighted by molar-refractivity contribution is -0.119. The Morgan fingerprint density at radius 2 is 2.11 bits per heavy atom. The summed E-state index contributed by atoms with van der Waals surface area (Å²) in [6, 6.07) is 4.60. The topological polar surface area (TPSA) is 61.8 Å². The molecule has 1 aromatic carbocycles. The second-order valence-corrected chi connectivity index (χ2v) is 4.69. The SMILES string of the molecule is CCN(CC(F)(F)F)c1ccc(Br)cc1/C(N)=N/O. The largest absolute Gasteiger partial charge is 0.409 e. The minimum Gasteiger partial charge on any atom is -0.409 e. The highest BCUT2D eigenvalue weighted by atomic mass is 79.9. The van der Waals surface area contributed by atoms with Crippen molar-refractivity contribution >= 4 is 27.5 Å². The maximum Gasteiger partial charge on any atom is 0.405 e. The van der Waals surface area contributed by atoms with E-state index in [-0.39, 0.29) is 23.6 Å². The molecule has 0 aromatic heterocycles. The lowest BCUT2D eigenvalue weighted by Gasteiger charge is -2.26. The van der Waals surface area contributed by atoms with Crippen LogP contribution in [0.5, 0.6) is 0 Å². The molecule has 0 saturated carbocycles. The summed E-state index contributed by atoms with van der Waals surface area (Å²) in [4.78, 5) is 1.11. The Bertz CT molecular complexity index is 477. The van der Waals surface area contributed by atoms with Crippen molar-refractivity contribution in [3.63, 3.8) is 0 Å². The number of amidine groups is 1. The second-order valence-electron chi connectivity index (χ2n) is 3.78. The molecule has 0 atom stereocenters. The number of nitrogens with zero attached hydrogens (tertiary/aromatic N) is 2. The summed E-state index contributed by atoms with van der Waals surface area (Å²) >= 11 is 3.19. The van der Waals surface area contributed by atoms with Crippen molar-refractivity contribution in [1.29, 1.82) is 0 Å². The van der Waals surface area contributed by atoms with Gasteiger partial charge in [0.2, 0.25) is 0 Å². The van der Waals surface area contributed by atoms with Crippen LogP contribution in [-0.4, -0.2) is 30.3 Å². The van der Waals surface area contributed by atoms with Crippen LogP contribution in [0.4, 0.5) is 18.9 Å². The summed E-state index contributed by atoms with van der Waals surface area (Å²) in [7, 11) is 0. The van der Waals surface area contributed by atoms with Gasteiger partial charge in [0.05, 0.1) is 0 Å². The number of nitrogens with two attached hydrogens (primary N) is 1.